The summed E-state index contributed by atoms with van der Waals surface area (Å²) in [6.45, 7) is 3.61. The van der Waals surface area contributed by atoms with Crippen molar-refractivity contribution >= 4 is 35.5 Å². The number of nitrogens with zero attached hydrogens (tertiary/aromatic N) is 3. The van der Waals surface area contributed by atoms with Crippen molar-refractivity contribution in [3.05, 3.63) is 39.9 Å². The molecule has 0 radical (unpaired) electrons. The van der Waals surface area contributed by atoms with Crippen LogP contribution >= 0.6 is 11.8 Å². The van der Waals surface area contributed by atoms with Crippen LogP contribution in [-0.4, -0.2) is 55.2 Å². The summed E-state index contributed by atoms with van der Waals surface area (Å²) in [5.74, 6) is -1.32. The average molecular weight is 349 g/mol. The van der Waals surface area contributed by atoms with E-state index in [1.54, 1.807) is 26.0 Å². The van der Waals surface area contributed by atoms with Gasteiger partial charge in [-0.05, 0) is 31.5 Å². The number of aliphatic imine (C=N–C) groups is 1. The highest BCUT2D eigenvalue weighted by atomic mass is 32.2. The van der Waals surface area contributed by atoms with Crippen LogP contribution in [0.15, 0.2) is 29.3 Å². The number of aliphatic carboxylic acids is 1. The summed E-state index contributed by atoms with van der Waals surface area (Å²) in [5.41, 5.74) is 0.624. The van der Waals surface area contributed by atoms with Crippen LogP contribution in [0.25, 0.3) is 0 Å². The van der Waals surface area contributed by atoms with Crippen LogP contribution < -0.4 is 0 Å². The number of benzene rings is 1. The summed E-state index contributed by atoms with van der Waals surface area (Å²) >= 11 is 1.43. The van der Waals surface area contributed by atoms with Crippen LogP contribution in [0.1, 0.15) is 19.4 Å². The van der Waals surface area contributed by atoms with Crippen molar-refractivity contribution in [2.45, 2.75) is 36.1 Å². The second kappa shape index (κ2) is 5.59. The van der Waals surface area contributed by atoms with Gasteiger partial charge in [-0.3, -0.25) is 19.9 Å². The van der Waals surface area contributed by atoms with Gasteiger partial charge in [0.05, 0.1) is 4.92 Å². The molecule has 2 fully saturated rings. The fourth-order valence-electron chi connectivity index (χ4n) is 2.98. The number of thioether (sulfide) groups is 1. The van der Waals surface area contributed by atoms with Crippen molar-refractivity contribution in [3.8, 4) is 0 Å². The number of nitro benzene ring substituents is 1. The van der Waals surface area contributed by atoms with Crippen molar-refractivity contribution < 1.29 is 19.6 Å². The first-order valence-corrected chi connectivity index (χ1v) is 8.11. The lowest BCUT2D eigenvalue weighted by Crippen LogP contribution is -2.64. The average Bonchev–Trinajstić information content (AvgIpc) is 2.76. The highest BCUT2D eigenvalue weighted by Gasteiger charge is 2.63. The minimum atomic E-state index is -1.01. The molecule has 3 rings (SSSR count). The third kappa shape index (κ3) is 2.54. The number of hydrogen-bond donors (Lipinski definition) is 1. The lowest BCUT2D eigenvalue weighted by molar-refractivity contribution is -0.384. The summed E-state index contributed by atoms with van der Waals surface area (Å²) in [5, 5.41) is 19.7. The molecular weight excluding hydrogens is 334 g/mol. The first-order chi connectivity index (χ1) is 11.2. The van der Waals surface area contributed by atoms with Gasteiger partial charge in [0.1, 0.15) is 11.4 Å². The Morgan fingerprint density at radius 1 is 1.42 bits per heavy atom. The number of hydrogen-bond acceptors (Lipinski definition) is 6. The number of carboxylic acids is 1. The van der Waals surface area contributed by atoms with E-state index in [1.165, 1.54) is 35.0 Å². The van der Waals surface area contributed by atoms with E-state index in [1.807, 2.05) is 0 Å². The van der Waals surface area contributed by atoms with Crippen LogP contribution in [0.2, 0.25) is 0 Å². The number of β-lactam (4-membered cyclic amide) rings is 1. The van der Waals surface area contributed by atoms with Crippen LogP contribution in [0, 0.1) is 10.1 Å². The number of fused-ring (bicyclic) bond motifs is 1. The summed E-state index contributed by atoms with van der Waals surface area (Å²) in [6.07, 6.45) is 1.49. The maximum absolute atomic E-state index is 12.3. The predicted octanol–water partition coefficient (Wildman–Crippen LogP) is 1.53. The van der Waals surface area contributed by atoms with Gasteiger partial charge in [0.2, 0.25) is 0 Å². The fraction of sp³-hybridized carbons (Fsp3) is 0.400. The Bertz CT molecular complexity index is 746. The fourth-order valence-corrected chi connectivity index (χ4v) is 4.60. The molecule has 1 aromatic rings. The molecule has 0 aromatic heterocycles. The van der Waals surface area contributed by atoms with Crippen LogP contribution in [0.4, 0.5) is 5.69 Å². The topological polar surface area (TPSA) is 113 Å². The Labute approximate surface area is 141 Å². The zero-order chi connectivity index (χ0) is 17.6. The van der Waals surface area contributed by atoms with Crippen molar-refractivity contribution in [2.24, 2.45) is 4.99 Å². The summed E-state index contributed by atoms with van der Waals surface area (Å²) in [6, 6.07) is 4.36. The molecule has 0 aliphatic carbocycles. The van der Waals surface area contributed by atoms with Crippen LogP contribution in [-0.2, 0) is 9.59 Å². The van der Waals surface area contributed by atoms with Gasteiger partial charge in [0.15, 0.2) is 6.04 Å². The Morgan fingerprint density at radius 3 is 2.58 bits per heavy atom. The van der Waals surface area contributed by atoms with E-state index in [2.05, 4.69) is 4.99 Å². The molecule has 126 valence electrons. The largest absolute Gasteiger partial charge is 0.480 e. The van der Waals surface area contributed by atoms with E-state index >= 15 is 0 Å². The number of non-ortho nitro benzene ring substituents is 1. The Hall–Kier alpha value is -2.42. The van der Waals surface area contributed by atoms with Crippen molar-refractivity contribution in [1.29, 1.82) is 0 Å². The zero-order valence-electron chi connectivity index (χ0n) is 12.9. The Balaban J connectivity index is 1.75. The molecule has 24 heavy (non-hydrogen) atoms. The standard InChI is InChI=1S/C15H15N3O5S/c1-15(2)11(14(20)21)17-12(19)10(13(17)24-15)16-7-8-3-5-9(6-4-8)18(22)23/h3-7,10-11,13H,1-2H3,(H,20,21)/t10-,11+,13-/m1/s1. The van der Waals surface area contributed by atoms with Gasteiger partial charge in [0, 0.05) is 23.1 Å². The van der Waals surface area contributed by atoms with Crippen molar-refractivity contribution in [3.63, 3.8) is 0 Å². The molecule has 1 amide bonds. The minimum absolute atomic E-state index is 0.0181. The molecule has 0 unspecified atom stereocenters. The lowest BCUT2D eigenvalue weighted by atomic mass is 9.96. The Kier molecular flexibility index (Phi) is 3.83. The van der Waals surface area contributed by atoms with Gasteiger partial charge in [0.25, 0.3) is 11.6 Å². The maximum Gasteiger partial charge on any atom is 0.327 e. The van der Waals surface area contributed by atoms with Gasteiger partial charge in [-0.15, -0.1) is 11.8 Å². The molecule has 0 spiro atoms. The monoisotopic (exact) mass is 349 g/mol. The maximum atomic E-state index is 12.3. The van der Waals surface area contributed by atoms with E-state index < -0.39 is 27.7 Å². The highest BCUT2D eigenvalue weighted by Crippen LogP contribution is 2.51. The molecule has 0 saturated carbocycles. The molecule has 1 aromatic carbocycles. The van der Waals surface area contributed by atoms with E-state index in [0.717, 1.165) is 0 Å². The SMILES string of the molecule is CC1(C)S[C@@H]2[C@H](N=Cc3ccc([N+](=O)[O-])cc3)C(=O)N2[C@H]1C(=O)O. The molecule has 2 saturated heterocycles. The number of carbonyl (C=O) groups is 2. The quantitative estimate of drug-likeness (QED) is 0.382. The van der Waals surface area contributed by atoms with E-state index in [4.69, 9.17) is 0 Å². The van der Waals surface area contributed by atoms with Crippen LogP contribution in [0.3, 0.4) is 0 Å². The lowest BCUT2D eigenvalue weighted by Gasteiger charge is -2.41. The van der Waals surface area contributed by atoms with Gasteiger partial charge in [-0.1, -0.05) is 0 Å². The number of amides is 1. The second-order valence-electron chi connectivity index (χ2n) is 6.17. The van der Waals surface area contributed by atoms with E-state index in [9.17, 15) is 24.8 Å². The number of carbonyl (C=O) groups excluding carboxylic acids is 1. The molecule has 8 nitrogen and oxygen atoms in total. The molecule has 2 aliphatic heterocycles. The summed E-state index contributed by atoms with van der Waals surface area (Å²) in [7, 11) is 0. The summed E-state index contributed by atoms with van der Waals surface area (Å²) < 4.78 is -0.580. The molecule has 9 heteroatoms. The molecule has 1 N–H and O–H groups in total. The number of carboxylic acid groups (broad SMARTS) is 1. The molecule has 0 bridgehead atoms. The number of nitro groups is 1. The van der Waals surface area contributed by atoms with Gasteiger partial charge in [-0.25, -0.2) is 4.79 Å². The number of rotatable bonds is 4. The van der Waals surface area contributed by atoms with Crippen LogP contribution in [0.5, 0.6) is 0 Å². The van der Waals surface area contributed by atoms with Gasteiger partial charge < -0.3 is 10.0 Å². The van der Waals surface area contributed by atoms with Crippen molar-refractivity contribution in [2.75, 3.05) is 0 Å². The third-order valence-electron chi connectivity index (χ3n) is 4.13. The first kappa shape index (κ1) is 16.4. The highest BCUT2D eigenvalue weighted by molar-refractivity contribution is 8.01. The van der Waals surface area contributed by atoms with Gasteiger partial charge >= 0.3 is 5.97 Å². The van der Waals surface area contributed by atoms with Crippen molar-refractivity contribution in [1.82, 2.24) is 4.90 Å². The second-order valence-corrected chi connectivity index (χ2v) is 7.94. The van der Waals surface area contributed by atoms with E-state index in [-0.39, 0.29) is 17.0 Å². The van der Waals surface area contributed by atoms with Gasteiger partial charge in [-0.2, -0.15) is 0 Å². The minimum Gasteiger partial charge on any atom is -0.480 e. The smallest absolute Gasteiger partial charge is 0.327 e. The molecule has 2 heterocycles. The molecular formula is C15H15N3O5S. The first-order valence-electron chi connectivity index (χ1n) is 7.23. The normalized spacial score (nSPS) is 27.8. The van der Waals surface area contributed by atoms with E-state index in [0.29, 0.717) is 5.56 Å². The Morgan fingerprint density at radius 2 is 2.04 bits per heavy atom. The molecule has 2 aliphatic rings. The predicted molar refractivity (Wildman–Crippen MR) is 88.2 cm³/mol. The molecule has 3 atom stereocenters. The zero-order valence-corrected chi connectivity index (χ0v) is 13.8. The third-order valence-corrected chi connectivity index (χ3v) is 5.69. The summed E-state index contributed by atoms with van der Waals surface area (Å²) in [4.78, 5) is 39.4.